The number of hydrogen-bond donors (Lipinski definition) is 0. The summed E-state index contributed by atoms with van der Waals surface area (Å²) in [5.74, 6) is 0. The molecule has 54 heavy (non-hydrogen) atoms. The molecule has 1 heterocycles. The molecule has 2 heteroatoms. The molecule has 11 aromatic rings. The summed E-state index contributed by atoms with van der Waals surface area (Å²) in [4.78, 5) is 2.37. The Morgan fingerprint density at radius 1 is 0.278 bits per heavy atom. The van der Waals surface area contributed by atoms with Crippen molar-refractivity contribution in [1.82, 2.24) is 0 Å². The van der Waals surface area contributed by atoms with E-state index in [1.165, 1.54) is 65.3 Å². The van der Waals surface area contributed by atoms with E-state index < -0.39 is 0 Å². The Kier molecular flexibility index (Phi) is 6.90. The molecule has 252 valence electrons. The molecule has 0 spiro atoms. The summed E-state index contributed by atoms with van der Waals surface area (Å²) < 4.78 is 6.26. The van der Waals surface area contributed by atoms with Gasteiger partial charge in [0, 0.05) is 27.8 Å². The zero-order chi connectivity index (χ0) is 35.6. The van der Waals surface area contributed by atoms with E-state index in [4.69, 9.17) is 4.42 Å². The van der Waals surface area contributed by atoms with Crippen LogP contribution in [-0.4, -0.2) is 0 Å². The number of fused-ring (bicyclic) bond motifs is 9. The minimum absolute atomic E-state index is 0.884. The molecule has 1 aromatic heterocycles. The Morgan fingerprint density at radius 3 is 1.44 bits per heavy atom. The predicted molar refractivity (Wildman–Crippen MR) is 229 cm³/mol. The fraction of sp³-hybridized carbons (Fsp3) is 0. The van der Waals surface area contributed by atoms with E-state index in [1.807, 2.05) is 12.1 Å². The molecule has 0 amide bonds. The molecule has 0 unspecified atom stereocenters. The van der Waals surface area contributed by atoms with Crippen LogP contribution < -0.4 is 4.90 Å². The topological polar surface area (TPSA) is 16.4 Å². The smallest absolute Gasteiger partial charge is 0.135 e. The van der Waals surface area contributed by atoms with E-state index in [9.17, 15) is 0 Å². The third-order valence-corrected chi connectivity index (χ3v) is 11.0. The van der Waals surface area contributed by atoms with Crippen LogP contribution in [0, 0.1) is 0 Å². The number of anilines is 3. The van der Waals surface area contributed by atoms with Crippen molar-refractivity contribution in [2.24, 2.45) is 0 Å². The molecule has 0 N–H and O–H groups in total. The van der Waals surface area contributed by atoms with Gasteiger partial charge in [-0.15, -0.1) is 0 Å². The molecule has 0 atom stereocenters. The third kappa shape index (κ3) is 4.88. The maximum Gasteiger partial charge on any atom is 0.135 e. The second kappa shape index (κ2) is 12.2. The average molecular weight is 688 g/mol. The number of hydrogen-bond acceptors (Lipinski definition) is 2. The van der Waals surface area contributed by atoms with Crippen LogP contribution in [-0.2, 0) is 0 Å². The Labute approximate surface area is 312 Å². The first kappa shape index (κ1) is 30.5. The van der Waals surface area contributed by atoms with Gasteiger partial charge in [0.1, 0.15) is 11.2 Å². The normalized spacial score (nSPS) is 11.7. The van der Waals surface area contributed by atoms with Crippen LogP contribution in [0.3, 0.4) is 0 Å². The monoisotopic (exact) mass is 687 g/mol. The van der Waals surface area contributed by atoms with Gasteiger partial charge in [-0.05, 0) is 126 Å². The highest BCUT2D eigenvalue weighted by molar-refractivity contribution is 6.15. The van der Waals surface area contributed by atoms with Crippen molar-refractivity contribution in [3.8, 4) is 22.3 Å². The Morgan fingerprint density at radius 2 is 0.778 bits per heavy atom. The number of rotatable bonds is 5. The first-order chi connectivity index (χ1) is 26.8. The molecule has 11 rings (SSSR count). The summed E-state index contributed by atoms with van der Waals surface area (Å²) in [6.07, 6.45) is 0. The van der Waals surface area contributed by atoms with E-state index in [1.54, 1.807) is 0 Å². The first-order valence-electron chi connectivity index (χ1n) is 18.5. The van der Waals surface area contributed by atoms with Crippen molar-refractivity contribution in [2.75, 3.05) is 4.90 Å². The molecule has 10 aromatic carbocycles. The van der Waals surface area contributed by atoms with Gasteiger partial charge in [0.2, 0.25) is 0 Å². The van der Waals surface area contributed by atoms with Gasteiger partial charge in [-0.2, -0.15) is 0 Å². The third-order valence-electron chi connectivity index (χ3n) is 11.0. The maximum atomic E-state index is 6.26. The van der Waals surface area contributed by atoms with Crippen molar-refractivity contribution >= 4 is 82.1 Å². The quantitative estimate of drug-likeness (QED) is 0.168. The first-order valence-corrected chi connectivity index (χ1v) is 18.5. The average Bonchev–Trinajstić information content (AvgIpc) is 3.62. The Hall–Kier alpha value is -7.16. The number of para-hydroxylation sites is 1. The molecule has 0 aliphatic rings. The highest BCUT2D eigenvalue weighted by Crippen LogP contribution is 2.43. The van der Waals surface area contributed by atoms with Gasteiger partial charge in [-0.1, -0.05) is 140 Å². The van der Waals surface area contributed by atoms with Crippen LogP contribution in [0.2, 0.25) is 0 Å². The molecule has 0 fully saturated rings. The summed E-state index contributed by atoms with van der Waals surface area (Å²) in [7, 11) is 0. The highest BCUT2D eigenvalue weighted by atomic mass is 16.3. The second-order valence-corrected chi connectivity index (χ2v) is 14.1. The van der Waals surface area contributed by atoms with Crippen molar-refractivity contribution in [2.45, 2.75) is 0 Å². The molecule has 0 bridgehead atoms. The number of furan rings is 1. The maximum absolute atomic E-state index is 6.26. The SMILES string of the molecule is c1cc(-c2cc3ccccc3c3ccccc23)cc(N(c2ccc(-c3cc4ccccc4c4ccccc34)cc2)c2ccc3oc4ccccc4c3c2)c1. The van der Waals surface area contributed by atoms with Gasteiger partial charge in [-0.3, -0.25) is 0 Å². The van der Waals surface area contributed by atoms with Crippen molar-refractivity contribution in [3.63, 3.8) is 0 Å². The fourth-order valence-electron chi connectivity index (χ4n) is 8.49. The molecular formula is C52H33NO. The van der Waals surface area contributed by atoms with Crippen LogP contribution in [0.5, 0.6) is 0 Å². The minimum atomic E-state index is 0.884. The lowest BCUT2D eigenvalue weighted by atomic mass is 9.93. The van der Waals surface area contributed by atoms with Gasteiger partial charge in [0.05, 0.1) is 0 Å². The van der Waals surface area contributed by atoms with E-state index in [2.05, 4.69) is 193 Å². The highest BCUT2D eigenvalue weighted by Gasteiger charge is 2.18. The molecule has 0 radical (unpaired) electrons. The van der Waals surface area contributed by atoms with E-state index in [0.717, 1.165) is 39.0 Å². The molecule has 0 saturated carbocycles. The summed E-state index contributed by atoms with van der Waals surface area (Å²) in [6, 6.07) is 72.4. The summed E-state index contributed by atoms with van der Waals surface area (Å²) in [6.45, 7) is 0. The number of nitrogens with zero attached hydrogens (tertiary/aromatic N) is 1. The Bertz CT molecular complexity index is 3230. The molecular weight excluding hydrogens is 655 g/mol. The van der Waals surface area contributed by atoms with Gasteiger partial charge >= 0.3 is 0 Å². The standard InChI is InChI=1S/C52H33NO/c1-3-16-41-36(12-1)31-48(45-20-7-5-18-43(41)45)34-24-26-38(27-25-34)53(40-28-29-52-50(33-40)47-22-9-10-23-51(47)54-52)39-15-11-14-35(30-39)49-32-37-13-2-4-17-42(37)44-19-6-8-21-46(44)49/h1-33H. The second-order valence-electron chi connectivity index (χ2n) is 14.1. The molecule has 2 nitrogen and oxygen atoms in total. The fourth-order valence-corrected chi connectivity index (χ4v) is 8.49. The summed E-state index contributed by atoms with van der Waals surface area (Å²) in [5, 5.41) is 12.3. The summed E-state index contributed by atoms with van der Waals surface area (Å²) >= 11 is 0. The predicted octanol–water partition coefficient (Wildman–Crippen LogP) is 15.0. The summed E-state index contributed by atoms with van der Waals surface area (Å²) in [5.41, 5.74) is 9.83. The largest absolute Gasteiger partial charge is 0.456 e. The lowest BCUT2D eigenvalue weighted by molar-refractivity contribution is 0.669. The van der Waals surface area contributed by atoms with Crippen LogP contribution in [0.4, 0.5) is 17.1 Å². The van der Waals surface area contributed by atoms with Crippen LogP contribution in [0.1, 0.15) is 0 Å². The number of benzene rings is 10. The van der Waals surface area contributed by atoms with Gasteiger partial charge in [0.25, 0.3) is 0 Å². The lowest BCUT2D eigenvalue weighted by Crippen LogP contribution is -2.10. The lowest BCUT2D eigenvalue weighted by Gasteiger charge is -2.26. The van der Waals surface area contributed by atoms with Crippen LogP contribution in [0.25, 0.3) is 87.3 Å². The van der Waals surface area contributed by atoms with Crippen molar-refractivity contribution in [1.29, 1.82) is 0 Å². The van der Waals surface area contributed by atoms with Crippen molar-refractivity contribution in [3.05, 3.63) is 200 Å². The van der Waals surface area contributed by atoms with Crippen LogP contribution >= 0.6 is 0 Å². The molecule has 0 aliphatic heterocycles. The van der Waals surface area contributed by atoms with E-state index in [0.29, 0.717) is 0 Å². The van der Waals surface area contributed by atoms with Crippen LogP contribution in [0.15, 0.2) is 205 Å². The Balaban J connectivity index is 1.10. The van der Waals surface area contributed by atoms with Gasteiger partial charge in [0.15, 0.2) is 0 Å². The van der Waals surface area contributed by atoms with Gasteiger partial charge < -0.3 is 9.32 Å². The van der Waals surface area contributed by atoms with E-state index in [-0.39, 0.29) is 0 Å². The minimum Gasteiger partial charge on any atom is -0.456 e. The van der Waals surface area contributed by atoms with E-state index >= 15 is 0 Å². The molecule has 0 aliphatic carbocycles. The zero-order valence-electron chi connectivity index (χ0n) is 29.4. The zero-order valence-corrected chi connectivity index (χ0v) is 29.4. The van der Waals surface area contributed by atoms with Gasteiger partial charge in [-0.25, -0.2) is 0 Å². The van der Waals surface area contributed by atoms with Crippen molar-refractivity contribution < 1.29 is 4.42 Å². The molecule has 0 saturated heterocycles.